The third kappa shape index (κ3) is 3.56. The number of hydrogen-bond acceptors (Lipinski definition) is 5. The Kier molecular flexibility index (Phi) is 4.97. The van der Waals surface area contributed by atoms with E-state index < -0.39 is 17.6 Å². The van der Waals surface area contributed by atoms with Gasteiger partial charge < -0.3 is 14.2 Å². The molecule has 1 heterocycles. The molecule has 5 nitrogen and oxygen atoms in total. The molecule has 2 aromatic carbocycles. The minimum Gasteiger partial charge on any atom is -0.493 e. The van der Waals surface area contributed by atoms with Crippen molar-refractivity contribution in [3.8, 4) is 11.5 Å². The monoisotopic (exact) mass is 359 g/mol. The van der Waals surface area contributed by atoms with Gasteiger partial charge in [-0.3, -0.25) is 0 Å². The normalized spacial score (nSPS) is 15.0. The Hall–Kier alpha value is -3.22. The summed E-state index contributed by atoms with van der Waals surface area (Å²) < 4.78 is 42.5. The molecule has 0 saturated carbocycles. The van der Waals surface area contributed by atoms with Gasteiger partial charge in [0.2, 0.25) is 5.90 Å². The van der Waals surface area contributed by atoms with Crippen molar-refractivity contribution in [2.24, 2.45) is 4.99 Å². The predicted octanol–water partition coefficient (Wildman–Crippen LogP) is 3.72. The molecule has 0 unspecified atom stereocenters. The van der Waals surface area contributed by atoms with Gasteiger partial charge in [-0.15, -0.1) is 0 Å². The third-order valence-electron chi connectivity index (χ3n) is 3.57. The molecule has 2 aromatic rings. The summed E-state index contributed by atoms with van der Waals surface area (Å²) in [5, 5.41) is 0. The van der Waals surface area contributed by atoms with Crippen LogP contribution >= 0.6 is 0 Å². The maximum absolute atomic E-state index is 13.8. The lowest BCUT2D eigenvalue weighted by molar-refractivity contribution is -0.129. The minimum absolute atomic E-state index is 0.00339. The number of methoxy groups -OCH3 is 1. The van der Waals surface area contributed by atoms with Crippen LogP contribution in [0.2, 0.25) is 0 Å². The Bertz CT molecular complexity index is 922. The lowest BCUT2D eigenvalue weighted by atomic mass is 10.1. The van der Waals surface area contributed by atoms with Crippen molar-refractivity contribution in [1.82, 2.24) is 0 Å². The molecular formula is C19H15F2NO4. The van der Waals surface area contributed by atoms with E-state index >= 15 is 0 Å². The van der Waals surface area contributed by atoms with Gasteiger partial charge in [-0.2, -0.15) is 0 Å². The van der Waals surface area contributed by atoms with Gasteiger partial charge in [-0.05, 0) is 42.8 Å². The summed E-state index contributed by atoms with van der Waals surface area (Å²) in [5.74, 6) is -1.45. The fourth-order valence-corrected chi connectivity index (χ4v) is 2.40. The molecule has 1 aliphatic rings. The van der Waals surface area contributed by atoms with E-state index in [4.69, 9.17) is 14.2 Å². The van der Waals surface area contributed by atoms with Crippen molar-refractivity contribution in [1.29, 1.82) is 0 Å². The summed E-state index contributed by atoms with van der Waals surface area (Å²) in [6.45, 7) is 2.29. The van der Waals surface area contributed by atoms with Crippen LogP contribution in [0.4, 0.5) is 8.78 Å². The first-order chi connectivity index (χ1) is 12.5. The summed E-state index contributed by atoms with van der Waals surface area (Å²) in [6, 6.07) is 8.03. The molecule has 26 heavy (non-hydrogen) atoms. The number of carbonyl (C=O) groups is 1. The first-order valence-corrected chi connectivity index (χ1v) is 7.80. The Labute approximate surface area is 148 Å². The van der Waals surface area contributed by atoms with Gasteiger partial charge in [0.1, 0.15) is 11.6 Å². The van der Waals surface area contributed by atoms with Crippen molar-refractivity contribution in [2.75, 3.05) is 13.7 Å². The summed E-state index contributed by atoms with van der Waals surface area (Å²) in [7, 11) is 1.53. The zero-order valence-electron chi connectivity index (χ0n) is 14.1. The van der Waals surface area contributed by atoms with Crippen LogP contribution in [0.3, 0.4) is 0 Å². The van der Waals surface area contributed by atoms with Gasteiger partial charge in [0.25, 0.3) is 0 Å². The van der Waals surface area contributed by atoms with Crippen molar-refractivity contribution in [3.05, 3.63) is 64.9 Å². The molecule has 0 aromatic heterocycles. The van der Waals surface area contributed by atoms with Crippen molar-refractivity contribution < 1.29 is 27.8 Å². The molecule has 0 radical (unpaired) electrons. The zero-order chi connectivity index (χ0) is 18.7. The highest BCUT2D eigenvalue weighted by Crippen LogP contribution is 2.30. The highest BCUT2D eigenvalue weighted by atomic mass is 19.1. The van der Waals surface area contributed by atoms with Crippen LogP contribution in [0.15, 0.2) is 47.1 Å². The Morgan fingerprint density at radius 2 is 1.96 bits per heavy atom. The first-order valence-electron chi connectivity index (χ1n) is 7.80. The highest BCUT2D eigenvalue weighted by molar-refractivity contribution is 6.12. The van der Waals surface area contributed by atoms with Gasteiger partial charge in [0.15, 0.2) is 17.2 Å². The van der Waals surface area contributed by atoms with Crippen molar-refractivity contribution in [3.63, 3.8) is 0 Å². The topological polar surface area (TPSA) is 57.1 Å². The summed E-state index contributed by atoms with van der Waals surface area (Å²) in [5.41, 5.74) is 0.537. The molecular weight excluding hydrogens is 344 g/mol. The van der Waals surface area contributed by atoms with E-state index in [9.17, 15) is 13.6 Å². The largest absolute Gasteiger partial charge is 0.493 e. The third-order valence-corrected chi connectivity index (χ3v) is 3.57. The van der Waals surface area contributed by atoms with Crippen LogP contribution in [-0.4, -0.2) is 25.6 Å². The Balaban J connectivity index is 1.94. The molecule has 0 atom stereocenters. The van der Waals surface area contributed by atoms with E-state index in [0.29, 0.717) is 29.7 Å². The van der Waals surface area contributed by atoms with Crippen LogP contribution in [0.25, 0.3) is 6.08 Å². The van der Waals surface area contributed by atoms with E-state index in [0.717, 1.165) is 6.07 Å². The molecule has 7 heteroatoms. The molecule has 0 saturated heterocycles. The number of benzene rings is 2. The number of carbonyl (C=O) groups excluding carboxylic acids is 1. The fourth-order valence-electron chi connectivity index (χ4n) is 2.40. The zero-order valence-corrected chi connectivity index (χ0v) is 14.1. The molecule has 1 aliphatic heterocycles. The Morgan fingerprint density at radius 1 is 1.15 bits per heavy atom. The maximum Gasteiger partial charge on any atom is 0.363 e. The van der Waals surface area contributed by atoms with Gasteiger partial charge in [-0.1, -0.05) is 6.07 Å². The second-order valence-electron chi connectivity index (χ2n) is 5.30. The lowest BCUT2D eigenvalue weighted by Gasteiger charge is -2.09. The minimum atomic E-state index is -0.860. The number of nitrogens with zero attached hydrogens (tertiary/aromatic N) is 1. The van der Waals surface area contributed by atoms with E-state index in [1.54, 1.807) is 18.2 Å². The quantitative estimate of drug-likeness (QED) is 0.603. The number of hydrogen-bond donors (Lipinski definition) is 0. The van der Waals surface area contributed by atoms with Crippen molar-refractivity contribution in [2.45, 2.75) is 6.92 Å². The Morgan fingerprint density at radius 3 is 2.65 bits per heavy atom. The first kappa shape index (κ1) is 17.6. The summed E-state index contributed by atoms with van der Waals surface area (Å²) in [4.78, 5) is 16.0. The number of ether oxygens (including phenoxy) is 3. The molecule has 0 fully saturated rings. The van der Waals surface area contributed by atoms with Gasteiger partial charge in [0.05, 0.1) is 19.3 Å². The molecule has 0 bridgehead atoms. The molecule has 0 spiro atoms. The SMILES string of the molecule is CCOc1cc(C=C2N=C(c3ccc(F)cc3F)OC2=O)ccc1OC. The van der Waals surface area contributed by atoms with E-state index in [2.05, 4.69) is 4.99 Å². The van der Waals surface area contributed by atoms with Crippen molar-refractivity contribution >= 4 is 17.9 Å². The summed E-state index contributed by atoms with van der Waals surface area (Å²) >= 11 is 0. The molecule has 0 N–H and O–H groups in total. The van der Waals surface area contributed by atoms with E-state index in [1.165, 1.54) is 19.3 Å². The molecule has 3 rings (SSSR count). The standard InChI is InChI=1S/C19H15F2NO4/c1-3-25-17-9-11(4-7-16(17)24-2)8-15-19(23)26-18(22-15)13-6-5-12(20)10-14(13)21/h4-10H,3H2,1-2H3. The lowest BCUT2D eigenvalue weighted by Crippen LogP contribution is -2.07. The number of rotatable bonds is 5. The van der Waals surface area contributed by atoms with E-state index in [1.807, 2.05) is 6.92 Å². The molecule has 0 aliphatic carbocycles. The van der Waals surface area contributed by atoms with Crippen LogP contribution < -0.4 is 9.47 Å². The van der Waals surface area contributed by atoms with Gasteiger partial charge in [0, 0.05) is 6.07 Å². The van der Waals surface area contributed by atoms with Crippen LogP contribution in [0.5, 0.6) is 11.5 Å². The molecule has 134 valence electrons. The maximum atomic E-state index is 13.8. The average Bonchev–Trinajstić information content (AvgIpc) is 2.96. The predicted molar refractivity (Wildman–Crippen MR) is 91.1 cm³/mol. The molecule has 0 amide bonds. The van der Waals surface area contributed by atoms with E-state index in [-0.39, 0.29) is 17.2 Å². The summed E-state index contributed by atoms with van der Waals surface area (Å²) in [6.07, 6.45) is 1.48. The number of halogens is 2. The highest BCUT2D eigenvalue weighted by Gasteiger charge is 2.26. The van der Waals surface area contributed by atoms with Gasteiger partial charge in [-0.25, -0.2) is 18.6 Å². The average molecular weight is 359 g/mol. The second-order valence-corrected chi connectivity index (χ2v) is 5.30. The number of cyclic esters (lactones) is 1. The fraction of sp³-hybridized carbons (Fsp3) is 0.158. The van der Waals surface area contributed by atoms with Gasteiger partial charge >= 0.3 is 5.97 Å². The smallest absolute Gasteiger partial charge is 0.363 e. The van der Waals surface area contributed by atoms with Crippen LogP contribution in [-0.2, 0) is 9.53 Å². The van der Waals surface area contributed by atoms with Crippen LogP contribution in [0.1, 0.15) is 18.1 Å². The number of aliphatic imine (C=N–C) groups is 1. The van der Waals surface area contributed by atoms with Crippen LogP contribution in [0, 0.1) is 11.6 Å². The number of esters is 1. The second kappa shape index (κ2) is 7.35.